The summed E-state index contributed by atoms with van der Waals surface area (Å²) in [6, 6.07) is 39.4. The van der Waals surface area contributed by atoms with E-state index in [9.17, 15) is 0 Å². The van der Waals surface area contributed by atoms with Crippen LogP contribution in [0.4, 0.5) is 0 Å². The second-order valence-electron chi connectivity index (χ2n) is 12.3. The van der Waals surface area contributed by atoms with E-state index in [1.807, 2.05) is 0 Å². The van der Waals surface area contributed by atoms with Crippen molar-refractivity contribution in [2.45, 2.75) is 72.1 Å². The Labute approximate surface area is 301 Å². The van der Waals surface area contributed by atoms with Crippen LogP contribution in [0.5, 0.6) is 0 Å². The maximum atomic E-state index is 4.06. The minimum absolute atomic E-state index is 0. The number of rotatable bonds is 9. The van der Waals surface area contributed by atoms with Crippen LogP contribution in [0.25, 0.3) is 0 Å². The average Bonchev–Trinajstić information content (AvgIpc) is 3.43. The second kappa shape index (κ2) is 17.7. The van der Waals surface area contributed by atoms with Gasteiger partial charge in [-0.05, 0) is 62.0 Å². The van der Waals surface area contributed by atoms with Gasteiger partial charge >= 0.3 is 21.7 Å². The summed E-state index contributed by atoms with van der Waals surface area (Å²) < 4.78 is 0. The topological polar surface area (TPSA) is 0 Å². The van der Waals surface area contributed by atoms with Gasteiger partial charge in [0.1, 0.15) is 0 Å². The van der Waals surface area contributed by atoms with Gasteiger partial charge in [0.15, 0.2) is 8.07 Å². The number of allylic oxidation sites excluding steroid dienone is 4. The molecule has 0 unspecified atom stereocenters. The minimum atomic E-state index is -2.63. The first kappa shape index (κ1) is 40.2. The van der Waals surface area contributed by atoms with E-state index >= 15 is 0 Å². The molecule has 1 aliphatic rings. The van der Waals surface area contributed by atoms with Crippen LogP contribution in [-0.4, -0.2) is 8.07 Å². The molecule has 4 aromatic carbocycles. The van der Waals surface area contributed by atoms with Crippen LogP contribution in [-0.2, 0) is 28.1 Å². The van der Waals surface area contributed by atoms with Gasteiger partial charge in [-0.1, -0.05) is 151 Å². The Morgan fingerprint density at radius 2 is 0.977 bits per heavy atom. The van der Waals surface area contributed by atoms with Gasteiger partial charge in [0.25, 0.3) is 0 Å². The maximum Gasteiger partial charge on any atom is 4.00 e. The number of hydrogen-bond acceptors (Lipinski definition) is 0. The average molecular weight is 694 g/mol. The van der Waals surface area contributed by atoms with Crippen molar-refractivity contribution >= 4 is 23.6 Å². The van der Waals surface area contributed by atoms with Crippen molar-refractivity contribution in [3.63, 3.8) is 0 Å². The first-order valence-corrected chi connectivity index (χ1v) is 17.0. The van der Waals surface area contributed by atoms with Crippen molar-refractivity contribution in [3.8, 4) is 0 Å². The Balaban J connectivity index is 0.00000242. The van der Waals surface area contributed by atoms with Gasteiger partial charge in [-0.2, -0.15) is 5.20 Å². The fourth-order valence-electron chi connectivity index (χ4n) is 6.12. The normalized spacial score (nSPS) is 12.5. The van der Waals surface area contributed by atoms with Gasteiger partial charge < -0.3 is 37.2 Å². The van der Waals surface area contributed by atoms with Gasteiger partial charge in [0.2, 0.25) is 0 Å². The summed E-state index contributed by atoms with van der Waals surface area (Å²) in [6.45, 7) is 13.8. The molecule has 0 fully saturated rings. The predicted molar refractivity (Wildman–Crippen MR) is 176 cm³/mol. The number of hydrogen-bond donors (Lipinski definition) is 0. The number of halogens is 3. The molecule has 0 N–H and O–H groups in total. The Morgan fingerprint density at radius 3 is 1.36 bits per heavy atom. The third-order valence-corrected chi connectivity index (χ3v) is 13.3. The summed E-state index contributed by atoms with van der Waals surface area (Å²) in [4.78, 5) is 0. The van der Waals surface area contributed by atoms with Crippen LogP contribution in [0.2, 0.25) is 0 Å². The molecule has 0 aromatic heterocycles. The molecule has 0 bridgehead atoms. The molecule has 228 valence electrons. The smallest absolute Gasteiger partial charge is 1.00 e. The van der Waals surface area contributed by atoms with Gasteiger partial charge in [0.05, 0.1) is 0 Å². The fourth-order valence-corrected chi connectivity index (χ4v) is 11.1. The maximum absolute atomic E-state index is 4.06. The first-order valence-electron chi connectivity index (χ1n) is 15.0. The summed E-state index contributed by atoms with van der Waals surface area (Å²) in [5, 5.41) is 5.88. The van der Waals surface area contributed by atoms with E-state index in [4.69, 9.17) is 0 Å². The Morgan fingerprint density at radius 1 is 0.568 bits per heavy atom. The molecule has 5 rings (SSSR count). The molecule has 1 aliphatic carbocycles. The summed E-state index contributed by atoms with van der Waals surface area (Å²) in [5.74, 6) is 1.43. The molecule has 0 atom stereocenters. The van der Waals surface area contributed by atoms with Crippen LogP contribution in [0.1, 0.15) is 88.0 Å². The fraction of sp³-hybridized carbons (Fsp3) is 0.282. The Bertz CT molecular complexity index is 1410. The predicted octanol–water partition coefficient (Wildman–Crippen LogP) is -0.622. The summed E-state index contributed by atoms with van der Waals surface area (Å²) in [5.41, 5.74) is 6.89. The molecule has 0 saturated carbocycles. The van der Waals surface area contributed by atoms with Crippen molar-refractivity contribution in [1.82, 2.24) is 0 Å². The van der Waals surface area contributed by atoms with E-state index in [-0.39, 0.29) is 58.9 Å². The SMILES string of the molecule is CC(C)c1cccc([Si](C2=[C-]C(Cc3ccccc3)=CC2)(c2cccc(C(C)C)c2)c2cccc(C(C)C)c2)c1.[Cl-].[Cl-].[Cl-].[Ti+4]. The van der Waals surface area contributed by atoms with Gasteiger partial charge in [-0.3, -0.25) is 6.08 Å². The van der Waals surface area contributed by atoms with E-state index in [0.29, 0.717) is 17.8 Å². The molecule has 0 aliphatic heterocycles. The summed E-state index contributed by atoms with van der Waals surface area (Å²) in [6.07, 6.45) is 8.39. The molecule has 5 heteroatoms. The monoisotopic (exact) mass is 692 g/mol. The Hall–Kier alpha value is -1.84. The van der Waals surface area contributed by atoms with Gasteiger partial charge in [-0.15, -0.1) is 0 Å². The number of benzene rings is 4. The zero-order valence-corrected chi connectivity index (χ0v) is 31.5. The van der Waals surface area contributed by atoms with E-state index < -0.39 is 8.07 Å². The van der Waals surface area contributed by atoms with Gasteiger partial charge in [0, 0.05) is 0 Å². The zero-order valence-electron chi connectivity index (χ0n) is 26.7. The zero-order chi connectivity index (χ0) is 28.3. The van der Waals surface area contributed by atoms with E-state index in [2.05, 4.69) is 157 Å². The Kier molecular flexibility index (Phi) is 16.2. The van der Waals surface area contributed by atoms with Crippen molar-refractivity contribution in [2.24, 2.45) is 0 Å². The van der Waals surface area contributed by atoms with Crippen LogP contribution >= 0.6 is 0 Å². The van der Waals surface area contributed by atoms with E-state index in [1.54, 1.807) is 0 Å². The molecule has 0 nitrogen and oxygen atoms in total. The third-order valence-electron chi connectivity index (χ3n) is 8.51. The largest absolute Gasteiger partial charge is 4.00 e. The molecule has 0 heterocycles. The van der Waals surface area contributed by atoms with Crippen molar-refractivity contribution in [1.29, 1.82) is 0 Å². The molecule has 0 saturated heterocycles. The molecule has 0 radical (unpaired) electrons. The van der Waals surface area contributed by atoms with Crippen LogP contribution in [0.3, 0.4) is 0 Å². The molecular weight excluding hydrogens is 651 g/mol. The molecule has 4 aromatic rings. The van der Waals surface area contributed by atoms with Crippen LogP contribution in [0.15, 0.2) is 120 Å². The molecule has 44 heavy (non-hydrogen) atoms. The van der Waals surface area contributed by atoms with Crippen LogP contribution in [0, 0.1) is 6.08 Å². The molecule has 0 spiro atoms. The quantitative estimate of drug-likeness (QED) is 0.125. The second-order valence-corrected chi connectivity index (χ2v) is 16.1. The van der Waals surface area contributed by atoms with E-state index in [0.717, 1.165) is 12.8 Å². The van der Waals surface area contributed by atoms with Gasteiger partial charge in [-0.25, -0.2) is 11.6 Å². The standard InChI is InChI=1S/C39H43Si.3ClH.Ti/c1-28(2)33-15-10-18-36(25-33)40(37-19-11-16-34(26-37)29(3)4,38-20-12-17-35(27-38)30(5)6)39-22-21-32(24-39)23-31-13-8-7-9-14-31;;;;/h7-21,25-30H,22-23H2,1-6H3;3*1H;/q-1;;;;+4/p-3. The first-order chi connectivity index (χ1) is 19.3. The minimum Gasteiger partial charge on any atom is -1.00 e. The van der Waals surface area contributed by atoms with Crippen LogP contribution < -0.4 is 52.8 Å². The van der Waals surface area contributed by atoms with Crippen molar-refractivity contribution in [3.05, 3.63) is 148 Å². The van der Waals surface area contributed by atoms with Crippen molar-refractivity contribution < 1.29 is 58.9 Å². The molecular formula is C39H43Cl3SiTi. The van der Waals surface area contributed by atoms with E-state index in [1.165, 1.54) is 48.6 Å². The van der Waals surface area contributed by atoms with Crippen molar-refractivity contribution in [2.75, 3.05) is 0 Å². The molecule has 0 amide bonds. The summed E-state index contributed by atoms with van der Waals surface area (Å²) in [7, 11) is -2.63. The summed E-state index contributed by atoms with van der Waals surface area (Å²) >= 11 is 0. The third kappa shape index (κ3) is 8.49.